The molecule has 4 rings (SSSR count). The first-order valence-electron chi connectivity index (χ1n) is 9.64. The van der Waals surface area contributed by atoms with Crippen molar-refractivity contribution in [3.8, 4) is 11.7 Å². The van der Waals surface area contributed by atoms with E-state index >= 15 is 0 Å². The van der Waals surface area contributed by atoms with Crippen LogP contribution in [0.2, 0.25) is 0 Å². The first-order chi connectivity index (χ1) is 14.0. The highest BCUT2D eigenvalue weighted by atomic mass is 32.2. The lowest BCUT2D eigenvalue weighted by Gasteiger charge is -2.31. The van der Waals surface area contributed by atoms with Gasteiger partial charge in [-0.3, -0.25) is 4.90 Å². The van der Waals surface area contributed by atoms with E-state index in [1.807, 2.05) is 6.92 Å². The molecule has 2 aromatic heterocycles. The highest BCUT2D eigenvalue weighted by molar-refractivity contribution is 7.89. The molecule has 3 aromatic rings. The Morgan fingerprint density at radius 2 is 2.03 bits per heavy atom. The molecule has 0 aliphatic carbocycles. The molecule has 1 aromatic carbocycles. The summed E-state index contributed by atoms with van der Waals surface area (Å²) in [5.74, 6) is 1.67. The summed E-state index contributed by atoms with van der Waals surface area (Å²) in [6.07, 6.45) is 3.54. The Labute approximate surface area is 170 Å². The average Bonchev–Trinajstić information content (AvgIpc) is 3.39. The minimum absolute atomic E-state index is 0.233. The topological polar surface area (TPSA) is 101 Å². The van der Waals surface area contributed by atoms with Crippen LogP contribution in [-0.4, -0.2) is 43.1 Å². The fraction of sp³-hybridized carbons (Fsp3) is 0.400. The smallest absolute Gasteiger partial charge is 0.283 e. The molecule has 154 valence electrons. The molecule has 1 atom stereocenters. The number of rotatable bonds is 7. The van der Waals surface area contributed by atoms with Crippen LogP contribution in [0.5, 0.6) is 0 Å². The molecule has 0 spiro atoms. The number of aryl methyl sites for hydroxylation is 1. The Hall–Kier alpha value is -2.49. The van der Waals surface area contributed by atoms with E-state index in [9.17, 15) is 8.42 Å². The lowest BCUT2D eigenvalue weighted by Crippen LogP contribution is -2.40. The summed E-state index contributed by atoms with van der Waals surface area (Å²) in [4.78, 5) is 2.51. The van der Waals surface area contributed by atoms with Crippen LogP contribution in [0.25, 0.3) is 11.7 Å². The molecular weight excluding hydrogens is 392 g/mol. The van der Waals surface area contributed by atoms with Crippen LogP contribution >= 0.6 is 0 Å². The van der Waals surface area contributed by atoms with Gasteiger partial charge < -0.3 is 8.83 Å². The molecule has 3 heterocycles. The molecule has 0 amide bonds. The van der Waals surface area contributed by atoms with Crippen molar-refractivity contribution < 1.29 is 17.3 Å². The van der Waals surface area contributed by atoms with E-state index in [1.165, 1.54) is 0 Å². The number of benzene rings is 1. The van der Waals surface area contributed by atoms with Crippen molar-refractivity contribution in [2.75, 3.05) is 19.6 Å². The molecule has 0 bridgehead atoms. The lowest BCUT2D eigenvalue weighted by atomic mass is 9.98. The third kappa shape index (κ3) is 4.92. The molecule has 1 aliphatic heterocycles. The van der Waals surface area contributed by atoms with Gasteiger partial charge in [0.15, 0.2) is 5.76 Å². The summed E-state index contributed by atoms with van der Waals surface area (Å²) in [5.41, 5.74) is 1.03. The maximum absolute atomic E-state index is 12.5. The van der Waals surface area contributed by atoms with E-state index in [0.29, 0.717) is 35.5 Å². The number of piperidine rings is 1. The number of aromatic nitrogens is 2. The van der Waals surface area contributed by atoms with E-state index in [-0.39, 0.29) is 5.92 Å². The molecule has 1 saturated heterocycles. The molecule has 8 nitrogen and oxygen atoms in total. The van der Waals surface area contributed by atoms with Gasteiger partial charge in [-0.25, -0.2) is 13.1 Å². The Morgan fingerprint density at radius 3 is 2.79 bits per heavy atom. The Balaban J connectivity index is 1.32. The van der Waals surface area contributed by atoms with E-state index in [2.05, 4.69) is 19.8 Å². The van der Waals surface area contributed by atoms with E-state index < -0.39 is 10.0 Å². The van der Waals surface area contributed by atoms with Crippen LogP contribution in [0.3, 0.4) is 0 Å². The molecule has 29 heavy (non-hydrogen) atoms. The summed E-state index contributed by atoms with van der Waals surface area (Å²) >= 11 is 0. The molecule has 1 unspecified atom stereocenters. The predicted molar refractivity (Wildman–Crippen MR) is 106 cm³/mol. The van der Waals surface area contributed by atoms with E-state index in [4.69, 9.17) is 8.83 Å². The second-order valence-electron chi connectivity index (χ2n) is 7.39. The largest absolute Gasteiger partial charge is 0.459 e. The van der Waals surface area contributed by atoms with E-state index in [1.54, 1.807) is 42.7 Å². The Bertz CT molecular complexity index is 1030. The predicted octanol–water partition coefficient (Wildman–Crippen LogP) is 2.83. The molecule has 1 N–H and O–H groups in total. The van der Waals surface area contributed by atoms with Gasteiger partial charge in [0.05, 0.1) is 17.7 Å². The number of hydrogen-bond donors (Lipinski definition) is 1. The number of sulfonamides is 1. The first kappa shape index (κ1) is 19.8. The number of likely N-dealkylation sites (tertiary alicyclic amines) is 1. The van der Waals surface area contributed by atoms with Crippen molar-refractivity contribution in [3.05, 3.63) is 54.1 Å². The zero-order chi connectivity index (χ0) is 20.3. The maximum atomic E-state index is 12.5. The molecule has 1 aliphatic rings. The van der Waals surface area contributed by atoms with Crippen LogP contribution in [0.15, 0.2) is 56.4 Å². The van der Waals surface area contributed by atoms with Crippen LogP contribution in [0.1, 0.15) is 24.3 Å². The van der Waals surface area contributed by atoms with E-state index in [0.717, 1.165) is 31.5 Å². The van der Waals surface area contributed by atoms with Crippen molar-refractivity contribution in [1.29, 1.82) is 0 Å². The molecule has 0 saturated carbocycles. The summed E-state index contributed by atoms with van der Waals surface area (Å²) in [6, 6.07) is 10.4. The van der Waals surface area contributed by atoms with Gasteiger partial charge in [0.1, 0.15) is 0 Å². The highest BCUT2D eigenvalue weighted by Crippen LogP contribution is 2.21. The molecule has 1 fully saturated rings. The van der Waals surface area contributed by atoms with Gasteiger partial charge in [-0.15, -0.1) is 10.2 Å². The molecule has 0 radical (unpaired) electrons. The maximum Gasteiger partial charge on any atom is 0.283 e. The van der Waals surface area contributed by atoms with Crippen molar-refractivity contribution in [2.24, 2.45) is 5.92 Å². The number of nitrogens with one attached hydrogen (secondary N) is 1. The van der Waals surface area contributed by atoms with Gasteiger partial charge in [-0.2, -0.15) is 0 Å². The van der Waals surface area contributed by atoms with Gasteiger partial charge in [-0.1, -0.05) is 17.7 Å². The second-order valence-corrected chi connectivity index (χ2v) is 9.15. The van der Waals surface area contributed by atoms with Crippen molar-refractivity contribution in [3.63, 3.8) is 0 Å². The van der Waals surface area contributed by atoms with Gasteiger partial charge in [0.2, 0.25) is 15.9 Å². The first-order valence-corrected chi connectivity index (χ1v) is 11.1. The zero-order valence-electron chi connectivity index (χ0n) is 16.2. The Kier molecular flexibility index (Phi) is 5.79. The van der Waals surface area contributed by atoms with Crippen LogP contribution in [0, 0.1) is 12.8 Å². The van der Waals surface area contributed by atoms with Crippen LogP contribution < -0.4 is 4.72 Å². The second kappa shape index (κ2) is 8.48. The zero-order valence-corrected chi connectivity index (χ0v) is 17.1. The average molecular weight is 417 g/mol. The molecular formula is C20H24N4O4S. The molecule has 9 heteroatoms. The lowest BCUT2D eigenvalue weighted by molar-refractivity contribution is 0.156. The van der Waals surface area contributed by atoms with Crippen LogP contribution in [0.4, 0.5) is 0 Å². The third-order valence-electron chi connectivity index (χ3n) is 5.05. The number of nitrogens with zero attached hydrogens (tertiary/aromatic N) is 3. The van der Waals surface area contributed by atoms with Crippen molar-refractivity contribution in [1.82, 2.24) is 19.8 Å². The van der Waals surface area contributed by atoms with Crippen LogP contribution in [-0.2, 0) is 16.6 Å². The van der Waals surface area contributed by atoms with Gasteiger partial charge >= 0.3 is 0 Å². The standard InChI is InChI=1S/C20H24N4O4S/c1-15-6-8-17(9-7-15)29(25,26)21-12-16-4-2-10-24(13-16)14-19-22-23-20(28-19)18-5-3-11-27-18/h3,5-9,11,16,21H,2,4,10,12-14H2,1H3. The monoisotopic (exact) mass is 416 g/mol. The minimum atomic E-state index is -3.49. The Morgan fingerprint density at radius 1 is 1.21 bits per heavy atom. The fourth-order valence-electron chi connectivity index (χ4n) is 3.50. The highest BCUT2D eigenvalue weighted by Gasteiger charge is 2.24. The number of hydrogen-bond acceptors (Lipinski definition) is 7. The number of furan rings is 1. The normalized spacial score (nSPS) is 18.2. The quantitative estimate of drug-likeness (QED) is 0.632. The van der Waals surface area contributed by atoms with Gasteiger partial charge in [-0.05, 0) is 56.5 Å². The summed E-state index contributed by atoms with van der Waals surface area (Å²) in [5, 5.41) is 8.12. The summed E-state index contributed by atoms with van der Waals surface area (Å²) < 4.78 is 38.7. The minimum Gasteiger partial charge on any atom is -0.459 e. The summed E-state index contributed by atoms with van der Waals surface area (Å²) in [6.45, 7) is 4.57. The van der Waals surface area contributed by atoms with Crippen molar-refractivity contribution in [2.45, 2.75) is 31.2 Å². The van der Waals surface area contributed by atoms with Gasteiger partial charge in [0.25, 0.3) is 5.89 Å². The summed E-state index contributed by atoms with van der Waals surface area (Å²) in [7, 11) is -3.49. The fourth-order valence-corrected chi connectivity index (χ4v) is 4.61. The van der Waals surface area contributed by atoms with Crippen molar-refractivity contribution >= 4 is 10.0 Å². The SMILES string of the molecule is Cc1ccc(S(=O)(=O)NCC2CCCN(Cc3nnc(-c4ccco4)o3)C2)cc1. The van der Waals surface area contributed by atoms with Gasteiger partial charge in [0, 0.05) is 13.1 Å². The third-order valence-corrected chi connectivity index (χ3v) is 6.49.